The Morgan fingerprint density at radius 1 is 0.345 bits per heavy atom. The maximum Gasteiger partial charge on any atom is 0.164 e. The highest BCUT2D eigenvalue weighted by molar-refractivity contribution is 6.09. The van der Waals surface area contributed by atoms with Gasteiger partial charge in [-0.2, -0.15) is 0 Å². The Morgan fingerprint density at radius 3 is 1.73 bits per heavy atom. The van der Waals surface area contributed by atoms with Crippen molar-refractivity contribution >= 4 is 32.7 Å². The van der Waals surface area contributed by atoms with Crippen LogP contribution in [0.2, 0.25) is 0 Å². The van der Waals surface area contributed by atoms with E-state index in [0.29, 0.717) is 17.5 Å². The lowest BCUT2D eigenvalue weighted by atomic mass is 9.97. The Balaban J connectivity index is 1.09. The van der Waals surface area contributed by atoms with E-state index in [0.717, 1.165) is 88.6 Å². The molecule has 4 aromatic heterocycles. The van der Waals surface area contributed by atoms with E-state index in [1.807, 2.05) is 67.7 Å². The second-order valence-electron chi connectivity index (χ2n) is 13.6. The van der Waals surface area contributed by atoms with Crippen molar-refractivity contribution < 1.29 is 0 Å². The molecule has 0 unspecified atom stereocenters. The van der Waals surface area contributed by atoms with Crippen molar-refractivity contribution in [2.45, 2.75) is 6.92 Å². The van der Waals surface area contributed by atoms with Crippen LogP contribution in [0.5, 0.6) is 0 Å². The summed E-state index contributed by atoms with van der Waals surface area (Å²) < 4.78 is 0. The summed E-state index contributed by atoms with van der Waals surface area (Å²) in [6, 6.07) is 58.2. The van der Waals surface area contributed by atoms with Gasteiger partial charge in [0.1, 0.15) is 0 Å². The molecule has 4 heterocycles. The van der Waals surface area contributed by atoms with Gasteiger partial charge in [-0.1, -0.05) is 146 Å². The highest BCUT2D eigenvalue weighted by atomic mass is 15.0. The molecule has 0 radical (unpaired) electrons. The minimum Gasteiger partial charge on any atom is -0.256 e. The first kappa shape index (κ1) is 32.2. The summed E-state index contributed by atoms with van der Waals surface area (Å²) in [5.41, 5.74) is 12.6. The van der Waals surface area contributed by atoms with Crippen LogP contribution < -0.4 is 0 Å². The third-order valence-electron chi connectivity index (χ3n) is 10.0. The number of benzene rings is 6. The third kappa shape index (κ3) is 6.06. The first-order valence-electron chi connectivity index (χ1n) is 18.3. The molecule has 0 fully saturated rings. The zero-order chi connectivity index (χ0) is 36.7. The molecular weight excluding hydrogens is 673 g/mol. The van der Waals surface area contributed by atoms with Crippen LogP contribution in [0.25, 0.3) is 100 Å². The number of hydrogen-bond donors (Lipinski definition) is 0. The first-order valence-corrected chi connectivity index (χ1v) is 18.3. The highest BCUT2D eigenvalue weighted by Crippen LogP contribution is 2.36. The Bertz CT molecular complexity index is 3030. The Hall–Kier alpha value is -7.44. The average Bonchev–Trinajstić information content (AvgIpc) is 3.26. The Kier molecular flexibility index (Phi) is 7.92. The number of aryl methyl sites for hydroxylation is 1. The molecular formula is C49H32N6. The van der Waals surface area contributed by atoms with Crippen molar-refractivity contribution in [2.75, 3.05) is 0 Å². The molecule has 0 saturated carbocycles. The fourth-order valence-corrected chi connectivity index (χ4v) is 7.28. The van der Waals surface area contributed by atoms with Crippen LogP contribution in [-0.4, -0.2) is 29.9 Å². The second kappa shape index (κ2) is 13.5. The summed E-state index contributed by atoms with van der Waals surface area (Å²) in [4.78, 5) is 30.0. The van der Waals surface area contributed by atoms with E-state index in [1.165, 1.54) is 0 Å². The topological polar surface area (TPSA) is 77.3 Å². The lowest BCUT2D eigenvalue weighted by molar-refractivity contribution is 1.07. The zero-order valence-electron chi connectivity index (χ0n) is 29.9. The quantitative estimate of drug-likeness (QED) is 0.160. The van der Waals surface area contributed by atoms with Gasteiger partial charge < -0.3 is 0 Å². The summed E-state index contributed by atoms with van der Waals surface area (Å²) in [5, 5.41) is 3.23. The zero-order valence-corrected chi connectivity index (χ0v) is 29.9. The number of hydrogen-bond acceptors (Lipinski definition) is 6. The summed E-state index contributed by atoms with van der Waals surface area (Å²) >= 11 is 0. The molecule has 55 heavy (non-hydrogen) atoms. The molecule has 0 aliphatic heterocycles. The minimum atomic E-state index is 0.592. The van der Waals surface area contributed by atoms with E-state index in [-0.39, 0.29) is 0 Å². The molecule has 6 aromatic carbocycles. The van der Waals surface area contributed by atoms with Gasteiger partial charge in [0, 0.05) is 55.9 Å². The summed E-state index contributed by atoms with van der Waals surface area (Å²) in [7, 11) is 0. The molecule has 0 aliphatic carbocycles. The molecule has 0 spiro atoms. The molecule has 10 rings (SSSR count). The van der Waals surface area contributed by atoms with Gasteiger partial charge >= 0.3 is 0 Å². The minimum absolute atomic E-state index is 0.592. The van der Waals surface area contributed by atoms with E-state index in [4.69, 9.17) is 29.9 Å². The summed E-state index contributed by atoms with van der Waals surface area (Å²) in [6.07, 6.45) is 1.84. The van der Waals surface area contributed by atoms with Gasteiger partial charge in [0.2, 0.25) is 0 Å². The van der Waals surface area contributed by atoms with Crippen LogP contribution in [0.15, 0.2) is 176 Å². The second-order valence-corrected chi connectivity index (χ2v) is 13.6. The standard InChI is InChI=1S/C49H32N6/c1-31-20-21-35-26-27-41-42(32-11-4-2-5-12-32)30-43(52-46(41)45(35)51-31)33-22-24-37(25-23-33)48-53-47(36-13-6-3-7-14-36)54-49(55-48)39-17-8-16-38(29-39)40-19-9-15-34-18-10-28-50-44(34)40/h2-30H,1H3. The summed E-state index contributed by atoms with van der Waals surface area (Å²) in [5.74, 6) is 1.80. The lowest BCUT2D eigenvalue weighted by Gasteiger charge is -2.13. The molecule has 258 valence electrons. The van der Waals surface area contributed by atoms with Gasteiger partial charge in [-0.3, -0.25) is 9.97 Å². The molecule has 6 nitrogen and oxygen atoms in total. The average molecular weight is 705 g/mol. The summed E-state index contributed by atoms with van der Waals surface area (Å²) in [6.45, 7) is 2.02. The number of nitrogens with zero attached hydrogens (tertiary/aromatic N) is 6. The number of pyridine rings is 3. The van der Waals surface area contributed by atoms with Crippen LogP contribution in [0, 0.1) is 6.92 Å². The third-order valence-corrected chi connectivity index (χ3v) is 10.0. The van der Waals surface area contributed by atoms with Crippen molar-refractivity contribution in [2.24, 2.45) is 0 Å². The fraction of sp³-hybridized carbons (Fsp3) is 0.0204. The molecule has 6 heteroatoms. The Labute approximate surface area is 318 Å². The van der Waals surface area contributed by atoms with Crippen molar-refractivity contribution in [3.63, 3.8) is 0 Å². The number of fused-ring (bicyclic) bond motifs is 4. The maximum absolute atomic E-state index is 5.25. The Morgan fingerprint density at radius 2 is 0.945 bits per heavy atom. The number of rotatable bonds is 6. The van der Waals surface area contributed by atoms with E-state index < -0.39 is 0 Å². The van der Waals surface area contributed by atoms with Gasteiger partial charge in [-0.05, 0) is 47.9 Å². The van der Waals surface area contributed by atoms with E-state index in [9.17, 15) is 0 Å². The van der Waals surface area contributed by atoms with Crippen molar-refractivity contribution in [3.05, 3.63) is 182 Å². The molecule has 0 N–H and O–H groups in total. The van der Waals surface area contributed by atoms with Crippen LogP contribution in [0.1, 0.15) is 5.69 Å². The number of para-hydroxylation sites is 1. The molecule has 10 aromatic rings. The predicted octanol–water partition coefficient (Wildman–Crippen LogP) is 11.8. The van der Waals surface area contributed by atoms with Crippen molar-refractivity contribution in [3.8, 4) is 67.7 Å². The van der Waals surface area contributed by atoms with Gasteiger partial charge in [0.15, 0.2) is 17.5 Å². The van der Waals surface area contributed by atoms with Crippen molar-refractivity contribution in [1.29, 1.82) is 0 Å². The van der Waals surface area contributed by atoms with Gasteiger partial charge in [-0.25, -0.2) is 19.9 Å². The molecule has 0 bridgehead atoms. The number of aromatic nitrogens is 6. The predicted molar refractivity (Wildman–Crippen MR) is 223 cm³/mol. The molecule has 0 saturated heterocycles. The molecule has 0 atom stereocenters. The maximum atomic E-state index is 5.25. The monoisotopic (exact) mass is 704 g/mol. The fourth-order valence-electron chi connectivity index (χ4n) is 7.28. The SMILES string of the molecule is Cc1ccc2ccc3c(-c4ccccc4)cc(-c4ccc(-c5nc(-c6ccccc6)nc(-c6cccc(-c7cccc8cccnc78)c6)n5)cc4)nc3c2n1. The first-order chi connectivity index (χ1) is 27.1. The highest BCUT2D eigenvalue weighted by Gasteiger charge is 2.16. The smallest absolute Gasteiger partial charge is 0.164 e. The van der Waals surface area contributed by atoms with Crippen LogP contribution in [-0.2, 0) is 0 Å². The van der Waals surface area contributed by atoms with Crippen molar-refractivity contribution in [1.82, 2.24) is 29.9 Å². The van der Waals surface area contributed by atoms with Crippen LogP contribution in [0.3, 0.4) is 0 Å². The van der Waals surface area contributed by atoms with E-state index in [2.05, 4.69) is 115 Å². The lowest BCUT2D eigenvalue weighted by Crippen LogP contribution is -2.00. The van der Waals surface area contributed by atoms with Crippen LogP contribution in [0.4, 0.5) is 0 Å². The van der Waals surface area contributed by atoms with Gasteiger partial charge in [0.25, 0.3) is 0 Å². The van der Waals surface area contributed by atoms with Gasteiger partial charge in [0.05, 0.1) is 22.2 Å². The van der Waals surface area contributed by atoms with E-state index in [1.54, 1.807) is 0 Å². The molecule has 0 aliphatic rings. The van der Waals surface area contributed by atoms with E-state index >= 15 is 0 Å². The largest absolute Gasteiger partial charge is 0.256 e. The van der Waals surface area contributed by atoms with Gasteiger partial charge in [-0.15, -0.1) is 0 Å². The molecule has 0 amide bonds. The normalized spacial score (nSPS) is 11.4. The van der Waals surface area contributed by atoms with Crippen LogP contribution >= 0.6 is 0 Å².